The van der Waals surface area contributed by atoms with Crippen LogP contribution in [0.25, 0.3) is 10.8 Å². The van der Waals surface area contributed by atoms with Crippen molar-refractivity contribution in [2.45, 2.75) is 5.37 Å². The van der Waals surface area contributed by atoms with Gasteiger partial charge in [-0.05, 0) is 40.6 Å². The minimum atomic E-state index is 0.0289. The summed E-state index contributed by atoms with van der Waals surface area (Å²) in [6, 6.07) is 22.6. The van der Waals surface area contributed by atoms with E-state index in [4.69, 9.17) is 0 Å². The van der Waals surface area contributed by atoms with Crippen LogP contribution in [0.4, 0.5) is 5.69 Å². The van der Waals surface area contributed by atoms with E-state index in [0.29, 0.717) is 5.75 Å². The Morgan fingerprint density at radius 1 is 0.957 bits per heavy atom. The molecule has 0 saturated carbocycles. The van der Waals surface area contributed by atoms with Gasteiger partial charge in [0, 0.05) is 10.2 Å². The SMILES string of the molecule is O=C1CSC(c2cccc(Br)c2)N1c1ccc2ccccc2c1. The second-order valence-corrected chi connectivity index (χ2v) is 7.50. The zero-order chi connectivity index (χ0) is 15.8. The molecule has 1 amide bonds. The number of rotatable bonds is 2. The summed E-state index contributed by atoms with van der Waals surface area (Å²) < 4.78 is 1.04. The van der Waals surface area contributed by atoms with Gasteiger partial charge >= 0.3 is 0 Å². The van der Waals surface area contributed by atoms with Crippen molar-refractivity contribution in [3.05, 3.63) is 76.8 Å². The van der Waals surface area contributed by atoms with E-state index in [0.717, 1.165) is 21.1 Å². The van der Waals surface area contributed by atoms with Gasteiger partial charge in [0.05, 0.1) is 5.75 Å². The van der Waals surface area contributed by atoms with Crippen molar-refractivity contribution in [2.24, 2.45) is 0 Å². The molecule has 23 heavy (non-hydrogen) atoms. The summed E-state index contributed by atoms with van der Waals surface area (Å²) in [7, 11) is 0. The highest BCUT2D eigenvalue weighted by Gasteiger charge is 2.34. The number of anilines is 1. The zero-order valence-corrected chi connectivity index (χ0v) is 14.7. The largest absolute Gasteiger partial charge is 0.295 e. The van der Waals surface area contributed by atoms with Crippen LogP contribution in [0, 0.1) is 0 Å². The number of carbonyl (C=O) groups is 1. The van der Waals surface area contributed by atoms with Crippen LogP contribution in [0.3, 0.4) is 0 Å². The number of thioether (sulfide) groups is 1. The summed E-state index contributed by atoms with van der Waals surface area (Å²) in [6.07, 6.45) is 0. The minimum Gasteiger partial charge on any atom is -0.295 e. The van der Waals surface area contributed by atoms with Crippen LogP contribution in [0.2, 0.25) is 0 Å². The molecule has 0 bridgehead atoms. The lowest BCUT2D eigenvalue weighted by atomic mass is 10.1. The van der Waals surface area contributed by atoms with Crippen molar-refractivity contribution in [1.82, 2.24) is 0 Å². The highest BCUT2D eigenvalue weighted by Crippen LogP contribution is 2.42. The highest BCUT2D eigenvalue weighted by molar-refractivity contribution is 9.10. The summed E-state index contributed by atoms with van der Waals surface area (Å²) in [5, 5.41) is 2.37. The van der Waals surface area contributed by atoms with Crippen molar-refractivity contribution in [2.75, 3.05) is 10.7 Å². The molecule has 114 valence electrons. The van der Waals surface area contributed by atoms with Gasteiger partial charge in [0.25, 0.3) is 0 Å². The fraction of sp³-hybridized carbons (Fsp3) is 0.105. The first-order chi connectivity index (χ1) is 11.2. The van der Waals surface area contributed by atoms with Crippen LogP contribution < -0.4 is 4.90 Å². The average Bonchev–Trinajstić information content (AvgIpc) is 2.96. The summed E-state index contributed by atoms with van der Waals surface area (Å²) in [5.41, 5.74) is 2.10. The van der Waals surface area contributed by atoms with E-state index in [1.165, 1.54) is 5.39 Å². The maximum Gasteiger partial charge on any atom is 0.238 e. The van der Waals surface area contributed by atoms with Gasteiger partial charge in [-0.1, -0.05) is 58.4 Å². The Morgan fingerprint density at radius 3 is 2.61 bits per heavy atom. The Balaban J connectivity index is 1.78. The van der Waals surface area contributed by atoms with E-state index in [1.54, 1.807) is 11.8 Å². The van der Waals surface area contributed by atoms with Gasteiger partial charge in [0.1, 0.15) is 5.37 Å². The fourth-order valence-electron chi connectivity index (χ4n) is 2.94. The molecular weight excluding hydrogens is 370 g/mol. The third-order valence-corrected chi connectivity index (χ3v) is 5.72. The number of halogens is 1. The summed E-state index contributed by atoms with van der Waals surface area (Å²) in [4.78, 5) is 14.4. The molecule has 1 heterocycles. The highest BCUT2D eigenvalue weighted by atomic mass is 79.9. The van der Waals surface area contributed by atoms with Crippen LogP contribution in [-0.2, 0) is 4.79 Å². The van der Waals surface area contributed by atoms with Crippen molar-refractivity contribution in [3.63, 3.8) is 0 Å². The number of nitrogens with zero attached hydrogens (tertiary/aromatic N) is 1. The first-order valence-electron chi connectivity index (χ1n) is 7.40. The van der Waals surface area contributed by atoms with Gasteiger partial charge in [0.2, 0.25) is 5.91 Å². The number of hydrogen-bond acceptors (Lipinski definition) is 2. The second kappa shape index (κ2) is 6.02. The molecule has 0 N–H and O–H groups in total. The number of hydrogen-bond donors (Lipinski definition) is 0. The molecule has 1 atom stereocenters. The molecule has 1 saturated heterocycles. The zero-order valence-electron chi connectivity index (χ0n) is 12.3. The quantitative estimate of drug-likeness (QED) is 0.591. The Labute approximate surface area is 147 Å². The molecule has 4 rings (SSSR count). The molecule has 0 spiro atoms. The molecule has 1 fully saturated rings. The molecule has 1 unspecified atom stereocenters. The lowest BCUT2D eigenvalue weighted by Gasteiger charge is -2.25. The fourth-order valence-corrected chi connectivity index (χ4v) is 4.52. The minimum absolute atomic E-state index is 0.0289. The second-order valence-electron chi connectivity index (χ2n) is 5.51. The van der Waals surface area contributed by atoms with Crippen molar-refractivity contribution < 1.29 is 4.79 Å². The average molecular weight is 384 g/mol. The van der Waals surface area contributed by atoms with E-state index in [1.807, 2.05) is 35.2 Å². The topological polar surface area (TPSA) is 20.3 Å². The summed E-state index contributed by atoms with van der Waals surface area (Å²) in [6.45, 7) is 0. The molecule has 0 aliphatic carbocycles. The van der Waals surface area contributed by atoms with E-state index in [2.05, 4.69) is 52.3 Å². The summed E-state index contributed by atoms with van der Waals surface area (Å²) in [5.74, 6) is 0.680. The summed E-state index contributed by atoms with van der Waals surface area (Å²) >= 11 is 5.20. The predicted octanol–water partition coefficient (Wildman–Crippen LogP) is 5.38. The Kier molecular flexibility index (Phi) is 3.87. The first-order valence-corrected chi connectivity index (χ1v) is 9.24. The maximum absolute atomic E-state index is 12.5. The lowest BCUT2D eigenvalue weighted by Crippen LogP contribution is -2.27. The molecule has 1 aliphatic heterocycles. The Bertz CT molecular complexity index is 895. The predicted molar refractivity (Wildman–Crippen MR) is 101 cm³/mol. The first kappa shape index (κ1) is 14.8. The van der Waals surface area contributed by atoms with Gasteiger partial charge in [0.15, 0.2) is 0 Å². The van der Waals surface area contributed by atoms with E-state index in [9.17, 15) is 4.79 Å². The third kappa shape index (κ3) is 2.77. The van der Waals surface area contributed by atoms with Gasteiger partial charge < -0.3 is 0 Å². The van der Waals surface area contributed by atoms with E-state index < -0.39 is 0 Å². The molecule has 0 radical (unpaired) electrons. The van der Waals surface area contributed by atoms with Crippen LogP contribution >= 0.6 is 27.7 Å². The number of benzene rings is 3. The Morgan fingerprint density at radius 2 is 1.78 bits per heavy atom. The monoisotopic (exact) mass is 383 g/mol. The lowest BCUT2D eigenvalue weighted by molar-refractivity contribution is -0.115. The van der Waals surface area contributed by atoms with Crippen molar-refractivity contribution in [3.8, 4) is 0 Å². The molecule has 4 heteroatoms. The van der Waals surface area contributed by atoms with Crippen molar-refractivity contribution >= 4 is 50.1 Å². The van der Waals surface area contributed by atoms with Crippen molar-refractivity contribution in [1.29, 1.82) is 0 Å². The van der Waals surface area contributed by atoms with Gasteiger partial charge in [-0.15, -0.1) is 11.8 Å². The van der Waals surface area contributed by atoms with Crippen LogP contribution in [0.5, 0.6) is 0 Å². The van der Waals surface area contributed by atoms with Gasteiger partial charge in [-0.2, -0.15) is 0 Å². The maximum atomic E-state index is 12.5. The normalized spacial score (nSPS) is 17.9. The molecule has 3 aromatic rings. The third-order valence-electron chi connectivity index (χ3n) is 4.01. The van der Waals surface area contributed by atoms with Gasteiger partial charge in [-0.25, -0.2) is 0 Å². The number of amides is 1. The smallest absolute Gasteiger partial charge is 0.238 e. The van der Waals surface area contributed by atoms with Crippen LogP contribution in [0.1, 0.15) is 10.9 Å². The molecule has 0 aromatic heterocycles. The van der Waals surface area contributed by atoms with E-state index >= 15 is 0 Å². The molecule has 1 aliphatic rings. The van der Waals surface area contributed by atoms with Crippen LogP contribution in [-0.4, -0.2) is 11.7 Å². The molecular formula is C19H14BrNOS. The van der Waals surface area contributed by atoms with Gasteiger partial charge in [-0.3, -0.25) is 9.69 Å². The molecule has 2 nitrogen and oxygen atoms in total. The standard InChI is InChI=1S/C19H14BrNOS/c20-16-7-3-6-15(10-16)19-21(18(22)12-23-19)17-9-8-13-4-1-2-5-14(13)11-17/h1-11,19H,12H2. The number of carbonyl (C=O) groups excluding carboxylic acids is 1. The Hall–Kier alpha value is -1.78. The van der Waals surface area contributed by atoms with E-state index in [-0.39, 0.29) is 11.3 Å². The number of fused-ring (bicyclic) bond motifs is 1. The van der Waals surface area contributed by atoms with Crippen LogP contribution in [0.15, 0.2) is 71.2 Å². The molecule has 3 aromatic carbocycles.